The van der Waals surface area contributed by atoms with E-state index in [0.29, 0.717) is 5.56 Å². The van der Waals surface area contributed by atoms with Gasteiger partial charge in [0.05, 0.1) is 24.2 Å². The van der Waals surface area contributed by atoms with Crippen molar-refractivity contribution in [1.29, 1.82) is 0 Å². The predicted molar refractivity (Wildman–Crippen MR) is 79.9 cm³/mol. The molecule has 0 bridgehead atoms. The summed E-state index contributed by atoms with van der Waals surface area (Å²) < 4.78 is 9.47. The van der Waals surface area contributed by atoms with Gasteiger partial charge in [0, 0.05) is 5.88 Å². The van der Waals surface area contributed by atoms with E-state index in [-0.39, 0.29) is 24.6 Å². The molecular weight excluding hydrogens is 336 g/mol. The average Bonchev–Trinajstić information content (AvgIpc) is 3.04. The molecule has 0 spiro atoms. The van der Waals surface area contributed by atoms with Crippen LogP contribution in [0.2, 0.25) is 0 Å². The minimum absolute atomic E-state index is 0.0133. The molecular formula is C17H13ClO6. The lowest BCUT2D eigenvalue weighted by Crippen LogP contribution is -2.31. The first-order chi connectivity index (χ1) is 11.5. The van der Waals surface area contributed by atoms with Crippen LogP contribution in [0.5, 0.6) is 0 Å². The monoisotopic (exact) mass is 348 g/mol. The van der Waals surface area contributed by atoms with Crippen molar-refractivity contribution in [3.05, 3.63) is 34.9 Å². The lowest BCUT2D eigenvalue weighted by molar-refractivity contribution is -0.155. The van der Waals surface area contributed by atoms with Crippen LogP contribution in [-0.2, 0) is 34.5 Å². The summed E-state index contributed by atoms with van der Waals surface area (Å²) in [7, 11) is 0. The number of alkyl halides is 1. The van der Waals surface area contributed by atoms with Crippen molar-refractivity contribution in [3.8, 4) is 0 Å². The average molecular weight is 349 g/mol. The van der Waals surface area contributed by atoms with E-state index in [1.165, 1.54) is 0 Å². The molecule has 0 aromatic heterocycles. The minimum Gasteiger partial charge on any atom is -0.393 e. The van der Waals surface area contributed by atoms with Crippen molar-refractivity contribution in [2.24, 2.45) is 11.8 Å². The SMILES string of the molecule is O=C1C[C@@H]([C@H]2C[C@@H]3C(=O)OC(=O)[C@@H]3c3cc(CCl)ccc32)C(=O)O1. The molecule has 2 aliphatic heterocycles. The Morgan fingerprint density at radius 1 is 0.917 bits per heavy atom. The predicted octanol–water partition coefficient (Wildman–Crippen LogP) is 1.79. The van der Waals surface area contributed by atoms with Crippen molar-refractivity contribution in [2.75, 3.05) is 0 Å². The zero-order valence-electron chi connectivity index (χ0n) is 12.5. The van der Waals surface area contributed by atoms with Crippen LogP contribution in [0.1, 0.15) is 41.4 Å². The summed E-state index contributed by atoms with van der Waals surface area (Å²) in [4.78, 5) is 47.6. The molecule has 0 radical (unpaired) electrons. The van der Waals surface area contributed by atoms with Crippen LogP contribution in [0.25, 0.3) is 0 Å². The maximum atomic E-state index is 12.1. The number of fused-ring (bicyclic) bond motifs is 3. The van der Waals surface area contributed by atoms with Crippen molar-refractivity contribution >= 4 is 35.5 Å². The number of ether oxygens (including phenoxy) is 2. The summed E-state index contributed by atoms with van der Waals surface area (Å²) in [5, 5.41) is 0. The molecule has 7 heteroatoms. The van der Waals surface area contributed by atoms with Gasteiger partial charge in [-0.15, -0.1) is 11.6 Å². The second kappa shape index (κ2) is 5.41. The van der Waals surface area contributed by atoms with Gasteiger partial charge < -0.3 is 9.47 Å². The normalized spacial score (nSPS) is 31.5. The van der Waals surface area contributed by atoms with Crippen LogP contribution in [0.3, 0.4) is 0 Å². The number of halogens is 1. The number of esters is 4. The maximum absolute atomic E-state index is 12.1. The van der Waals surface area contributed by atoms with E-state index >= 15 is 0 Å². The molecule has 0 saturated carbocycles. The van der Waals surface area contributed by atoms with E-state index in [2.05, 4.69) is 4.74 Å². The van der Waals surface area contributed by atoms with E-state index in [1.54, 1.807) is 6.07 Å². The Morgan fingerprint density at radius 3 is 2.33 bits per heavy atom. The second-order valence-corrected chi connectivity index (χ2v) is 6.63. The van der Waals surface area contributed by atoms with Gasteiger partial charge in [-0.3, -0.25) is 19.2 Å². The smallest absolute Gasteiger partial charge is 0.321 e. The molecule has 24 heavy (non-hydrogen) atoms. The summed E-state index contributed by atoms with van der Waals surface area (Å²) in [6.07, 6.45) is 0.274. The topological polar surface area (TPSA) is 86.7 Å². The van der Waals surface area contributed by atoms with E-state index < -0.39 is 41.6 Å². The Balaban J connectivity index is 1.83. The molecule has 4 rings (SSSR count). The number of hydrogen-bond donors (Lipinski definition) is 0. The maximum Gasteiger partial charge on any atom is 0.321 e. The van der Waals surface area contributed by atoms with E-state index in [9.17, 15) is 19.2 Å². The van der Waals surface area contributed by atoms with Gasteiger partial charge in [-0.05, 0) is 29.0 Å². The number of carbonyl (C=O) groups is 4. The van der Waals surface area contributed by atoms with Crippen molar-refractivity contribution < 1.29 is 28.7 Å². The third-order valence-electron chi connectivity index (χ3n) is 5.10. The van der Waals surface area contributed by atoms with Crippen molar-refractivity contribution in [1.82, 2.24) is 0 Å². The number of benzene rings is 1. The first-order valence-electron chi connectivity index (χ1n) is 7.68. The number of cyclic esters (lactones) is 4. The van der Waals surface area contributed by atoms with E-state index in [4.69, 9.17) is 16.3 Å². The summed E-state index contributed by atoms with van der Waals surface area (Å²) in [6.45, 7) is 0. The Hall–Kier alpha value is -2.21. The van der Waals surface area contributed by atoms with Crippen LogP contribution < -0.4 is 0 Å². The van der Waals surface area contributed by atoms with Crippen LogP contribution in [0.15, 0.2) is 18.2 Å². The molecule has 124 valence electrons. The summed E-state index contributed by atoms with van der Waals surface area (Å²) >= 11 is 5.88. The highest BCUT2D eigenvalue weighted by atomic mass is 35.5. The minimum atomic E-state index is -0.667. The van der Waals surface area contributed by atoms with Gasteiger partial charge >= 0.3 is 23.9 Å². The molecule has 2 fully saturated rings. The Morgan fingerprint density at radius 2 is 1.67 bits per heavy atom. The molecule has 0 unspecified atom stereocenters. The fraction of sp³-hybridized carbons (Fsp3) is 0.412. The Labute approximate surface area is 142 Å². The Bertz CT molecular complexity index is 785. The lowest BCUT2D eigenvalue weighted by Gasteiger charge is -2.33. The van der Waals surface area contributed by atoms with Gasteiger partial charge in [-0.1, -0.05) is 18.2 Å². The number of hydrogen-bond acceptors (Lipinski definition) is 6. The largest absolute Gasteiger partial charge is 0.393 e. The zero-order chi connectivity index (χ0) is 17.0. The molecule has 2 saturated heterocycles. The molecule has 3 aliphatic rings. The highest BCUT2D eigenvalue weighted by Gasteiger charge is 2.53. The first kappa shape index (κ1) is 15.3. The van der Waals surface area contributed by atoms with Crippen LogP contribution in [0, 0.1) is 11.8 Å². The second-order valence-electron chi connectivity index (χ2n) is 6.37. The van der Waals surface area contributed by atoms with Crippen LogP contribution in [-0.4, -0.2) is 23.9 Å². The quantitative estimate of drug-likeness (QED) is 0.460. The molecule has 0 N–H and O–H groups in total. The van der Waals surface area contributed by atoms with Gasteiger partial charge in [0.15, 0.2) is 0 Å². The van der Waals surface area contributed by atoms with E-state index in [0.717, 1.165) is 11.1 Å². The third kappa shape index (κ3) is 2.17. The van der Waals surface area contributed by atoms with Gasteiger partial charge in [0.25, 0.3) is 0 Å². The fourth-order valence-corrected chi connectivity index (χ4v) is 4.18. The van der Waals surface area contributed by atoms with Gasteiger partial charge in [0.1, 0.15) is 0 Å². The summed E-state index contributed by atoms with van der Waals surface area (Å²) in [6, 6.07) is 5.43. The van der Waals surface area contributed by atoms with Crippen LogP contribution >= 0.6 is 11.6 Å². The lowest BCUT2D eigenvalue weighted by atomic mass is 9.67. The van der Waals surface area contributed by atoms with Crippen molar-refractivity contribution in [2.45, 2.75) is 30.6 Å². The van der Waals surface area contributed by atoms with E-state index in [1.807, 2.05) is 12.1 Å². The van der Waals surface area contributed by atoms with Crippen molar-refractivity contribution in [3.63, 3.8) is 0 Å². The van der Waals surface area contributed by atoms with Crippen LogP contribution in [0.4, 0.5) is 0 Å². The summed E-state index contributed by atoms with van der Waals surface area (Å²) in [5.74, 6) is -4.31. The zero-order valence-corrected chi connectivity index (χ0v) is 13.2. The molecule has 2 heterocycles. The number of rotatable bonds is 2. The third-order valence-corrected chi connectivity index (χ3v) is 5.41. The molecule has 0 amide bonds. The van der Waals surface area contributed by atoms with Gasteiger partial charge in [-0.2, -0.15) is 0 Å². The fourth-order valence-electron chi connectivity index (χ4n) is 4.01. The summed E-state index contributed by atoms with van der Waals surface area (Å²) in [5.41, 5.74) is 2.26. The van der Waals surface area contributed by atoms with Gasteiger partial charge in [0.2, 0.25) is 0 Å². The molecule has 1 aromatic rings. The standard InChI is InChI=1S/C17H13ClO6/c18-6-7-1-2-8-9(11-5-13(19)23-15(11)20)4-12-14(10(8)3-7)17(22)24-16(12)21/h1-3,9,11-12,14H,4-6H2/t9-,11-,12-,14+/m0/s1. The molecule has 6 nitrogen and oxygen atoms in total. The Kier molecular flexibility index (Phi) is 3.46. The first-order valence-corrected chi connectivity index (χ1v) is 8.21. The number of carbonyl (C=O) groups excluding carboxylic acids is 4. The highest BCUT2D eigenvalue weighted by molar-refractivity contribution is 6.17. The molecule has 1 aliphatic carbocycles. The molecule has 4 atom stereocenters. The molecule has 1 aromatic carbocycles. The van der Waals surface area contributed by atoms with Gasteiger partial charge in [-0.25, -0.2) is 0 Å². The highest BCUT2D eigenvalue weighted by Crippen LogP contribution is 2.51.